The van der Waals surface area contributed by atoms with Crippen molar-refractivity contribution < 1.29 is 0 Å². The third-order valence-electron chi connectivity index (χ3n) is 4.39. The third kappa shape index (κ3) is 3.27. The molecule has 1 aliphatic carbocycles. The van der Waals surface area contributed by atoms with E-state index >= 15 is 0 Å². The molecule has 1 aromatic rings. The maximum Gasteiger partial charge on any atom is 0.147 e. The summed E-state index contributed by atoms with van der Waals surface area (Å²) in [5, 5.41) is 3.50. The highest BCUT2D eigenvalue weighted by molar-refractivity contribution is 5.37. The fraction of sp³-hybridized carbons (Fsp3) is 0.733. The average molecular weight is 275 g/mol. The Labute approximate surface area is 121 Å². The van der Waals surface area contributed by atoms with E-state index in [2.05, 4.69) is 34.1 Å². The molecular weight excluding hydrogens is 250 g/mol. The number of aromatic nitrogens is 2. The third-order valence-corrected chi connectivity index (χ3v) is 4.39. The minimum Gasteiger partial charge on any atom is -0.352 e. The summed E-state index contributed by atoms with van der Waals surface area (Å²) in [6.07, 6.45) is 7.59. The second-order valence-electron chi connectivity index (χ2n) is 6.01. The Bertz CT molecular complexity index is 446. The van der Waals surface area contributed by atoms with Crippen molar-refractivity contribution >= 4 is 5.82 Å². The molecule has 0 bridgehead atoms. The number of hydrogen-bond acceptors (Lipinski definition) is 5. The first-order chi connectivity index (χ1) is 9.76. The van der Waals surface area contributed by atoms with Gasteiger partial charge in [0.05, 0.1) is 11.9 Å². The first kappa shape index (κ1) is 13.8. The van der Waals surface area contributed by atoms with Crippen molar-refractivity contribution in [2.75, 3.05) is 31.6 Å². The molecule has 1 aromatic heterocycles. The summed E-state index contributed by atoms with van der Waals surface area (Å²) in [6, 6.07) is 1.34. The minimum absolute atomic E-state index is 0.624. The van der Waals surface area contributed by atoms with Crippen LogP contribution in [0.15, 0.2) is 12.4 Å². The van der Waals surface area contributed by atoms with Crippen LogP contribution in [0.25, 0.3) is 0 Å². The van der Waals surface area contributed by atoms with E-state index in [0.29, 0.717) is 12.1 Å². The molecule has 20 heavy (non-hydrogen) atoms. The number of anilines is 1. The van der Waals surface area contributed by atoms with Crippen molar-refractivity contribution in [2.24, 2.45) is 0 Å². The van der Waals surface area contributed by atoms with Crippen LogP contribution in [0.4, 0.5) is 5.82 Å². The van der Waals surface area contributed by atoms with Crippen LogP contribution in [0.3, 0.4) is 0 Å². The van der Waals surface area contributed by atoms with E-state index in [9.17, 15) is 0 Å². The quantitative estimate of drug-likeness (QED) is 0.876. The maximum absolute atomic E-state index is 4.77. The van der Waals surface area contributed by atoms with Crippen LogP contribution in [0.1, 0.15) is 31.9 Å². The summed E-state index contributed by atoms with van der Waals surface area (Å²) in [6.45, 7) is 6.30. The molecule has 1 saturated carbocycles. The fourth-order valence-corrected chi connectivity index (χ4v) is 2.76. The minimum atomic E-state index is 0.624. The van der Waals surface area contributed by atoms with Crippen LogP contribution < -0.4 is 10.2 Å². The first-order valence-electron chi connectivity index (χ1n) is 7.75. The van der Waals surface area contributed by atoms with Crippen LogP contribution in [0.5, 0.6) is 0 Å². The van der Waals surface area contributed by atoms with Gasteiger partial charge in [-0.25, -0.2) is 4.98 Å². The van der Waals surface area contributed by atoms with Gasteiger partial charge in [-0.05, 0) is 26.3 Å². The van der Waals surface area contributed by atoms with E-state index in [1.54, 1.807) is 0 Å². The molecule has 0 aromatic carbocycles. The summed E-state index contributed by atoms with van der Waals surface area (Å²) >= 11 is 0. The van der Waals surface area contributed by atoms with Crippen molar-refractivity contribution in [1.29, 1.82) is 0 Å². The van der Waals surface area contributed by atoms with E-state index in [1.165, 1.54) is 19.3 Å². The van der Waals surface area contributed by atoms with E-state index in [4.69, 9.17) is 4.98 Å². The molecule has 1 N–H and O–H groups in total. The molecule has 1 saturated heterocycles. The molecule has 0 amide bonds. The summed E-state index contributed by atoms with van der Waals surface area (Å²) in [5.74, 6) is 1.03. The monoisotopic (exact) mass is 275 g/mol. The molecule has 2 fully saturated rings. The molecule has 3 rings (SSSR count). The molecule has 1 aliphatic heterocycles. The second-order valence-corrected chi connectivity index (χ2v) is 6.01. The molecule has 5 nitrogen and oxygen atoms in total. The van der Waals surface area contributed by atoms with Gasteiger partial charge in [-0.1, -0.05) is 6.92 Å². The molecule has 2 heterocycles. The van der Waals surface area contributed by atoms with Gasteiger partial charge in [-0.3, -0.25) is 9.88 Å². The summed E-state index contributed by atoms with van der Waals surface area (Å²) in [5.41, 5.74) is 1.06. The lowest BCUT2D eigenvalue weighted by molar-refractivity contribution is 0.213. The largest absolute Gasteiger partial charge is 0.352 e. The standard InChI is InChI=1S/C15H25N5/c1-3-14-11-20(7-6-19(14)2)15-10-16-8-13(18-15)9-17-12-4-5-12/h8,10,12,14,17H,3-7,9,11H2,1-2H3. The highest BCUT2D eigenvalue weighted by atomic mass is 15.3. The van der Waals surface area contributed by atoms with Gasteiger partial charge < -0.3 is 10.2 Å². The van der Waals surface area contributed by atoms with Gasteiger partial charge in [-0.15, -0.1) is 0 Å². The average Bonchev–Trinajstić information content (AvgIpc) is 3.30. The van der Waals surface area contributed by atoms with Gasteiger partial charge in [0.25, 0.3) is 0 Å². The predicted molar refractivity (Wildman–Crippen MR) is 80.8 cm³/mol. The summed E-state index contributed by atoms with van der Waals surface area (Å²) < 4.78 is 0. The van der Waals surface area contributed by atoms with Crippen molar-refractivity contribution in [3.05, 3.63) is 18.1 Å². The van der Waals surface area contributed by atoms with Crippen LogP contribution in [0, 0.1) is 0 Å². The summed E-state index contributed by atoms with van der Waals surface area (Å²) in [7, 11) is 2.22. The van der Waals surface area contributed by atoms with Crippen LogP contribution in [0.2, 0.25) is 0 Å². The Morgan fingerprint density at radius 3 is 2.90 bits per heavy atom. The normalized spacial score (nSPS) is 24.1. The molecule has 1 unspecified atom stereocenters. The smallest absolute Gasteiger partial charge is 0.147 e. The van der Waals surface area contributed by atoms with Crippen molar-refractivity contribution in [2.45, 2.75) is 44.8 Å². The zero-order chi connectivity index (χ0) is 13.9. The summed E-state index contributed by atoms with van der Waals surface area (Å²) in [4.78, 5) is 14.0. The molecule has 5 heteroatoms. The van der Waals surface area contributed by atoms with E-state index in [1.807, 2.05) is 12.4 Å². The number of nitrogens with one attached hydrogen (secondary N) is 1. The lowest BCUT2D eigenvalue weighted by Gasteiger charge is -2.39. The highest BCUT2D eigenvalue weighted by Crippen LogP contribution is 2.20. The van der Waals surface area contributed by atoms with Crippen molar-refractivity contribution in [3.63, 3.8) is 0 Å². The van der Waals surface area contributed by atoms with Crippen LogP contribution in [-0.4, -0.2) is 53.6 Å². The van der Waals surface area contributed by atoms with Gasteiger partial charge in [0, 0.05) is 44.5 Å². The van der Waals surface area contributed by atoms with E-state index in [0.717, 1.165) is 37.7 Å². The lowest BCUT2D eigenvalue weighted by Crippen LogP contribution is -2.51. The van der Waals surface area contributed by atoms with E-state index < -0.39 is 0 Å². The fourth-order valence-electron chi connectivity index (χ4n) is 2.76. The highest BCUT2D eigenvalue weighted by Gasteiger charge is 2.24. The Hall–Kier alpha value is -1.20. The van der Waals surface area contributed by atoms with Crippen molar-refractivity contribution in [1.82, 2.24) is 20.2 Å². The molecule has 1 atom stereocenters. The molecular formula is C15H25N5. The maximum atomic E-state index is 4.77. The SMILES string of the molecule is CCC1CN(c2cncc(CNC3CC3)n2)CCN1C. The zero-order valence-corrected chi connectivity index (χ0v) is 12.5. The van der Waals surface area contributed by atoms with Crippen molar-refractivity contribution in [3.8, 4) is 0 Å². The van der Waals surface area contributed by atoms with Gasteiger partial charge in [0.15, 0.2) is 0 Å². The Morgan fingerprint density at radius 2 is 2.15 bits per heavy atom. The van der Waals surface area contributed by atoms with Gasteiger partial charge in [0.2, 0.25) is 0 Å². The zero-order valence-electron chi connectivity index (χ0n) is 12.5. The molecule has 2 aliphatic rings. The Kier molecular flexibility index (Phi) is 4.17. The second kappa shape index (κ2) is 6.06. The Balaban J connectivity index is 1.64. The van der Waals surface area contributed by atoms with Crippen LogP contribution in [-0.2, 0) is 6.54 Å². The van der Waals surface area contributed by atoms with Gasteiger partial charge >= 0.3 is 0 Å². The molecule has 110 valence electrons. The van der Waals surface area contributed by atoms with Gasteiger partial charge in [-0.2, -0.15) is 0 Å². The number of rotatable bonds is 5. The van der Waals surface area contributed by atoms with E-state index in [-0.39, 0.29) is 0 Å². The van der Waals surface area contributed by atoms with Crippen LogP contribution >= 0.6 is 0 Å². The number of nitrogens with zero attached hydrogens (tertiary/aromatic N) is 4. The number of hydrogen-bond donors (Lipinski definition) is 1. The number of piperazine rings is 1. The first-order valence-corrected chi connectivity index (χ1v) is 7.75. The topological polar surface area (TPSA) is 44.3 Å². The predicted octanol–water partition coefficient (Wildman–Crippen LogP) is 1.26. The lowest BCUT2D eigenvalue weighted by atomic mass is 10.1. The Morgan fingerprint density at radius 1 is 1.30 bits per heavy atom. The molecule has 0 radical (unpaired) electrons. The number of likely N-dealkylation sites (N-methyl/N-ethyl adjacent to an activating group) is 1. The molecule has 0 spiro atoms. The van der Waals surface area contributed by atoms with Gasteiger partial charge in [0.1, 0.15) is 5.82 Å².